The summed E-state index contributed by atoms with van der Waals surface area (Å²) in [7, 11) is 0. The molecular weight excluding hydrogens is 214 g/mol. The van der Waals surface area contributed by atoms with E-state index in [0.717, 1.165) is 5.56 Å². The molecule has 1 aromatic carbocycles. The number of carboxylic acid groups (broad SMARTS) is 1. The first-order valence-corrected chi connectivity index (χ1v) is 5.15. The van der Waals surface area contributed by atoms with Crippen molar-refractivity contribution in [1.82, 2.24) is 0 Å². The van der Waals surface area contributed by atoms with Crippen LogP contribution in [0.5, 0.6) is 0 Å². The quantitative estimate of drug-likeness (QED) is 0.860. The predicted octanol–water partition coefficient (Wildman–Crippen LogP) is 2.83. The van der Waals surface area contributed by atoms with Crippen LogP contribution in [0.4, 0.5) is 8.78 Å². The van der Waals surface area contributed by atoms with Crippen LogP contribution in [0.25, 0.3) is 0 Å². The van der Waals surface area contributed by atoms with Crippen molar-refractivity contribution in [2.24, 2.45) is 0 Å². The minimum absolute atomic E-state index is 0.0267. The SMILES string of the molecule is O=C(O)Cc1ccc(C2CC(F)(F)C2)cc1. The van der Waals surface area contributed by atoms with Gasteiger partial charge in [-0.3, -0.25) is 4.79 Å². The zero-order valence-electron chi connectivity index (χ0n) is 8.62. The van der Waals surface area contributed by atoms with Gasteiger partial charge in [-0.1, -0.05) is 24.3 Å². The Kier molecular flexibility index (Phi) is 2.66. The molecule has 0 saturated heterocycles. The summed E-state index contributed by atoms with van der Waals surface area (Å²) in [6, 6.07) is 6.89. The Labute approximate surface area is 91.9 Å². The molecule has 16 heavy (non-hydrogen) atoms. The van der Waals surface area contributed by atoms with E-state index in [-0.39, 0.29) is 25.2 Å². The Hall–Kier alpha value is -1.45. The smallest absolute Gasteiger partial charge is 0.307 e. The van der Waals surface area contributed by atoms with Gasteiger partial charge in [0.25, 0.3) is 0 Å². The molecule has 0 spiro atoms. The summed E-state index contributed by atoms with van der Waals surface area (Å²) in [5, 5.41) is 8.57. The molecule has 1 N–H and O–H groups in total. The second kappa shape index (κ2) is 3.85. The van der Waals surface area contributed by atoms with Gasteiger partial charge in [-0.05, 0) is 17.0 Å². The van der Waals surface area contributed by atoms with Crippen molar-refractivity contribution >= 4 is 5.97 Å². The maximum Gasteiger partial charge on any atom is 0.307 e. The van der Waals surface area contributed by atoms with Crippen molar-refractivity contribution in [2.45, 2.75) is 31.1 Å². The van der Waals surface area contributed by atoms with E-state index in [4.69, 9.17) is 5.11 Å². The van der Waals surface area contributed by atoms with Gasteiger partial charge < -0.3 is 5.11 Å². The highest BCUT2D eigenvalue weighted by atomic mass is 19.3. The van der Waals surface area contributed by atoms with Crippen molar-refractivity contribution in [3.63, 3.8) is 0 Å². The lowest BCUT2D eigenvalue weighted by molar-refractivity contribution is -0.136. The van der Waals surface area contributed by atoms with Gasteiger partial charge in [-0.25, -0.2) is 8.78 Å². The van der Waals surface area contributed by atoms with Crippen molar-refractivity contribution in [2.75, 3.05) is 0 Å². The van der Waals surface area contributed by atoms with Crippen LogP contribution in [0, 0.1) is 0 Å². The monoisotopic (exact) mass is 226 g/mol. The molecule has 1 aliphatic rings. The number of aliphatic carboxylic acids is 1. The maximum atomic E-state index is 12.6. The third-order valence-electron chi connectivity index (χ3n) is 2.90. The second-order valence-corrected chi connectivity index (χ2v) is 4.27. The Morgan fingerprint density at radius 3 is 2.31 bits per heavy atom. The molecule has 0 radical (unpaired) electrons. The van der Waals surface area contributed by atoms with Crippen LogP contribution in [0.3, 0.4) is 0 Å². The lowest BCUT2D eigenvalue weighted by Gasteiger charge is -2.35. The van der Waals surface area contributed by atoms with E-state index < -0.39 is 11.9 Å². The minimum atomic E-state index is -2.51. The maximum absolute atomic E-state index is 12.6. The summed E-state index contributed by atoms with van der Waals surface area (Å²) in [6.07, 6.45) is -0.211. The molecule has 0 bridgehead atoms. The first kappa shape index (κ1) is 11.0. The zero-order valence-corrected chi connectivity index (χ0v) is 8.62. The van der Waals surface area contributed by atoms with Gasteiger partial charge in [-0.2, -0.15) is 0 Å². The lowest BCUT2D eigenvalue weighted by Crippen LogP contribution is -2.33. The fraction of sp³-hybridized carbons (Fsp3) is 0.417. The fourth-order valence-corrected chi connectivity index (χ4v) is 1.98. The van der Waals surface area contributed by atoms with E-state index in [1.54, 1.807) is 24.3 Å². The zero-order chi connectivity index (χ0) is 11.8. The summed E-state index contributed by atoms with van der Waals surface area (Å²) >= 11 is 0. The van der Waals surface area contributed by atoms with Gasteiger partial charge in [0.05, 0.1) is 6.42 Å². The van der Waals surface area contributed by atoms with Crippen LogP contribution in [-0.4, -0.2) is 17.0 Å². The molecule has 0 amide bonds. The van der Waals surface area contributed by atoms with E-state index in [1.165, 1.54) is 0 Å². The highest BCUT2D eigenvalue weighted by Crippen LogP contribution is 2.48. The Bertz CT molecular complexity index is 390. The number of rotatable bonds is 3. The van der Waals surface area contributed by atoms with E-state index in [0.29, 0.717) is 5.56 Å². The molecular formula is C12H12F2O2. The van der Waals surface area contributed by atoms with Crippen LogP contribution < -0.4 is 0 Å². The molecule has 86 valence electrons. The molecule has 0 heterocycles. The average molecular weight is 226 g/mol. The van der Waals surface area contributed by atoms with Crippen LogP contribution >= 0.6 is 0 Å². The Balaban J connectivity index is 2.01. The highest BCUT2D eigenvalue weighted by Gasteiger charge is 2.45. The summed E-state index contributed by atoms with van der Waals surface area (Å²) < 4.78 is 25.3. The second-order valence-electron chi connectivity index (χ2n) is 4.27. The van der Waals surface area contributed by atoms with Crippen molar-refractivity contribution in [3.8, 4) is 0 Å². The van der Waals surface area contributed by atoms with Gasteiger partial charge >= 0.3 is 5.97 Å². The van der Waals surface area contributed by atoms with E-state index in [9.17, 15) is 13.6 Å². The molecule has 1 fully saturated rings. The molecule has 2 rings (SSSR count). The Morgan fingerprint density at radius 2 is 1.88 bits per heavy atom. The number of carboxylic acids is 1. The number of halogens is 2. The van der Waals surface area contributed by atoms with E-state index in [1.807, 2.05) is 0 Å². The molecule has 1 saturated carbocycles. The van der Waals surface area contributed by atoms with Gasteiger partial charge in [0.1, 0.15) is 0 Å². The molecule has 0 unspecified atom stereocenters. The minimum Gasteiger partial charge on any atom is -0.481 e. The summed E-state index contributed by atoms with van der Waals surface area (Å²) in [6.45, 7) is 0. The van der Waals surface area contributed by atoms with Gasteiger partial charge in [0.2, 0.25) is 5.92 Å². The van der Waals surface area contributed by atoms with Gasteiger partial charge in [-0.15, -0.1) is 0 Å². The van der Waals surface area contributed by atoms with Crippen molar-refractivity contribution in [3.05, 3.63) is 35.4 Å². The molecule has 0 atom stereocenters. The van der Waals surface area contributed by atoms with Gasteiger partial charge in [0.15, 0.2) is 0 Å². The lowest BCUT2D eigenvalue weighted by atomic mass is 9.76. The van der Waals surface area contributed by atoms with E-state index >= 15 is 0 Å². The summed E-state index contributed by atoms with van der Waals surface area (Å²) in [5.41, 5.74) is 1.57. The number of hydrogen-bond acceptors (Lipinski definition) is 1. The first-order valence-electron chi connectivity index (χ1n) is 5.15. The average Bonchev–Trinajstić information content (AvgIpc) is 2.14. The molecule has 0 aromatic heterocycles. The third-order valence-corrected chi connectivity index (χ3v) is 2.90. The predicted molar refractivity (Wildman–Crippen MR) is 54.7 cm³/mol. The van der Waals surface area contributed by atoms with Gasteiger partial charge in [0, 0.05) is 12.8 Å². The molecule has 4 heteroatoms. The van der Waals surface area contributed by atoms with Crippen LogP contribution in [0.1, 0.15) is 29.9 Å². The highest BCUT2D eigenvalue weighted by molar-refractivity contribution is 5.70. The normalized spacial score (nSPS) is 19.1. The number of hydrogen-bond donors (Lipinski definition) is 1. The number of carbonyl (C=O) groups is 1. The van der Waals surface area contributed by atoms with Crippen LogP contribution in [0.2, 0.25) is 0 Å². The standard InChI is InChI=1S/C12H12F2O2/c13-12(14)6-10(7-12)9-3-1-8(2-4-9)5-11(15)16/h1-4,10H,5-7H2,(H,15,16). The third kappa shape index (κ3) is 2.38. The summed E-state index contributed by atoms with van der Waals surface area (Å²) in [5.74, 6) is -3.47. The van der Waals surface area contributed by atoms with E-state index in [2.05, 4.69) is 0 Å². The molecule has 1 aliphatic carbocycles. The molecule has 1 aromatic rings. The topological polar surface area (TPSA) is 37.3 Å². The van der Waals surface area contributed by atoms with Crippen molar-refractivity contribution < 1.29 is 18.7 Å². The molecule has 0 aliphatic heterocycles. The number of benzene rings is 1. The van der Waals surface area contributed by atoms with Crippen LogP contribution in [0.15, 0.2) is 24.3 Å². The van der Waals surface area contributed by atoms with Crippen molar-refractivity contribution in [1.29, 1.82) is 0 Å². The number of alkyl halides is 2. The molecule has 2 nitrogen and oxygen atoms in total. The Morgan fingerprint density at radius 1 is 1.31 bits per heavy atom. The first-order chi connectivity index (χ1) is 7.46. The fourth-order valence-electron chi connectivity index (χ4n) is 1.98. The summed E-state index contributed by atoms with van der Waals surface area (Å²) in [4.78, 5) is 10.4. The largest absolute Gasteiger partial charge is 0.481 e. The van der Waals surface area contributed by atoms with Crippen LogP contribution in [-0.2, 0) is 11.2 Å².